The number of nitrogens with zero attached hydrogens (tertiary/aromatic N) is 1. The first kappa shape index (κ1) is 4.78. The van der Waals surface area contributed by atoms with Crippen LogP contribution < -0.4 is 5.73 Å². The molecule has 1 rings (SSSR count). The zero-order valence-corrected chi connectivity index (χ0v) is 4.83. The Kier molecular flexibility index (Phi) is 1.10. The molecule has 0 amide bonds. The van der Waals surface area contributed by atoms with Gasteiger partial charge in [-0.3, -0.25) is 0 Å². The van der Waals surface area contributed by atoms with Crippen LogP contribution in [0.3, 0.4) is 0 Å². The van der Waals surface area contributed by atoms with E-state index in [1.54, 1.807) is 7.05 Å². The summed E-state index contributed by atoms with van der Waals surface area (Å²) in [5.41, 5.74) is 5.29. The summed E-state index contributed by atoms with van der Waals surface area (Å²) in [6, 6.07) is 0. The predicted octanol–water partition coefficient (Wildman–Crippen LogP) is 0.372. The van der Waals surface area contributed by atoms with Crippen molar-refractivity contribution in [1.82, 2.24) is 4.89 Å². The molecule has 4 heteroatoms. The number of rotatable bonds is 0. The van der Waals surface area contributed by atoms with Crippen LogP contribution in [0.2, 0.25) is 0 Å². The number of nitrogen functional groups attached to an aromatic ring is 1. The molecule has 2 nitrogen and oxygen atoms in total. The Hall–Kier alpha value is -0.375. The molecule has 7 heavy (non-hydrogen) atoms. The minimum atomic E-state index is 0.650. The Morgan fingerprint density at radius 3 is 2.71 bits per heavy atom. The van der Waals surface area contributed by atoms with Crippen LogP contribution in [0.25, 0.3) is 0 Å². The van der Waals surface area contributed by atoms with Crippen molar-refractivity contribution in [3.8, 4) is 0 Å². The molecule has 1 aromatic heterocycles. The molecule has 0 fully saturated rings. The van der Waals surface area contributed by atoms with Gasteiger partial charge in [0.2, 0.25) is 0 Å². The van der Waals surface area contributed by atoms with E-state index in [1.807, 2.05) is 6.92 Å². The second kappa shape index (κ2) is 1.62. The van der Waals surface area contributed by atoms with Crippen LogP contribution in [-0.2, 0) is 0 Å². The van der Waals surface area contributed by atoms with Crippen LogP contribution in [-0.4, -0.2) is 11.9 Å². The third kappa shape index (κ3) is 0.994. The number of nitrogens with two attached hydrogens (primary N) is 1. The maximum atomic E-state index is 5.29. The molecule has 0 aromatic carbocycles. The number of aromatic nitrogens is 1. The van der Waals surface area contributed by atoms with Crippen molar-refractivity contribution in [1.29, 1.82) is 0 Å². The zero-order chi connectivity index (χ0) is 5.28. The van der Waals surface area contributed by atoms with Crippen molar-refractivity contribution in [2.24, 2.45) is 0 Å². The van der Waals surface area contributed by atoms with Gasteiger partial charge in [0.25, 0.3) is 0 Å². The average Bonchev–Trinajstić information content (AvgIpc) is 1.87. The quantitative estimate of drug-likeness (QED) is 0.526. The van der Waals surface area contributed by atoms with Crippen molar-refractivity contribution in [3.63, 3.8) is 0 Å². The normalized spacial score (nSPS) is 8.71. The predicted molar refractivity (Wildman–Crippen MR) is 32.6 cm³/mol. The average molecular weight is 112 g/mol. The third-order valence-corrected chi connectivity index (χ3v) is 1.38. The van der Waals surface area contributed by atoms with Crippen LogP contribution in [0, 0.1) is 6.92 Å². The molecule has 0 bridgehead atoms. The van der Waals surface area contributed by atoms with E-state index in [2.05, 4.69) is 4.89 Å². The summed E-state index contributed by atoms with van der Waals surface area (Å²) in [4.78, 5) is 3.81. The van der Waals surface area contributed by atoms with E-state index in [1.165, 1.54) is 11.3 Å². The van der Waals surface area contributed by atoms with E-state index in [-0.39, 0.29) is 0 Å². The Morgan fingerprint density at radius 1 is 1.86 bits per heavy atom. The number of hydrogen-bond donors (Lipinski definition) is 1. The number of aryl methyl sites for hydroxylation is 1. The van der Waals surface area contributed by atoms with Gasteiger partial charge in [-0.05, 0) is 0 Å². The van der Waals surface area contributed by atoms with Crippen molar-refractivity contribution < 1.29 is 0 Å². The molecule has 0 radical (unpaired) electrons. The molecule has 0 aliphatic heterocycles. The second-order valence-corrected chi connectivity index (χ2v) is 2.58. The van der Waals surface area contributed by atoms with E-state index < -0.39 is 0 Å². The van der Waals surface area contributed by atoms with E-state index in [0.717, 1.165) is 4.77 Å². The molecule has 0 aliphatic rings. The molecule has 2 N–H and O–H groups in total. The summed E-state index contributed by atoms with van der Waals surface area (Å²) in [5.74, 6) is 0. The van der Waals surface area contributed by atoms with Gasteiger partial charge < -0.3 is 0 Å². The molecule has 0 saturated carbocycles. The van der Waals surface area contributed by atoms with Gasteiger partial charge in [0.1, 0.15) is 0 Å². The second-order valence-electron chi connectivity index (χ2n) is 1.31. The Labute approximate surface area is 46.6 Å². The van der Waals surface area contributed by atoms with Crippen molar-refractivity contribution in [3.05, 3.63) is 4.77 Å². The van der Waals surface area contributed by atoms with Crippen molar-refractivity contribution in [2.45, 2.75) is 6.92 Å². The summed E-state index contributed by atoms with van der Waals surface area (Å²) < 4.78 is 1.16. The fraction of sp³-hybridized carbons (Fsp3) is 0.333. The molecule has 0 atom stereocenters. The minimum absolute atomic E-state index is 0.650. The first-order valence-corrected chi connectivity index (χ1v) is 2.78. The molecule has 0 aliphatic carbocycles. The van der Waals surface area contributed by atoms with E-state index in [9.17, 15) is 0 Å². The molecule has 36 valence electrons. The molecule has 0 saturated heterocycles. The summed E-state index contributed by atoms with van der Waals surface area (Å²) in [6.07, 6.45) is 0. The van der Waals surface area contributed by atoms with E-state index in [0.29, 0.717) is 5.13 Å². The Morgan fingerprint density at radius 2 is 2.57 bits per heavy atom. The summed E-state index contributed by atoms with van der Waals surface area (Å²) in [7, 11) is 1.76. The summed E-state index contributed by atoms with van der Waals surface area (Å²) >= 11 is 1.51. The van der Waals surface area contributed by atoms with Gasteiger partial charge in [-0.2, -0.15) is 0 Å². The van der Waals surface area contributed by atoms with Crippen LogP contribution >= 0.6 is 11.3 Å². The first-order valence-electron chi connectivity index (χ1n) is 1.97. The third-order valence-electron chi connectivity index (χ3n) is 0.639. The molecular formula is C3H5BN2S. The van der Waals surface area contributed by atoms with E-state index >= 15 is 0 Å². The van der Waals surface area contributed by atoms with Gasteiger partial charge in [0.15, 0.2) is 0 Å². The Balaban J connectivity index is 3.04. The van der Waals surface area contributed by atoms with Gasteiger partial charge in [0.05, 0.1) is 0 Å². The topological polar surface area (TPSA) is 38.9 Å². The SMILES string of the molecule is Cc1bnc(N)s1. The van der Waals surface area contributed by atoms with Crippen LogP contribution in [0.5, 0.6) is 0 Å². The fourth-order valence-corrected chi connectivity index (χ4v) is 0.913. The van der Waals surface area contributed by atoms with Crippen LogP contribution in [0.1, 0.15) is 4.77 Å². The zero-order valence-electron chi connectivity index (χ0n) is 4.01. The number of hydrogen-bond acceptors (Lipinski definition) is 3. The van der Waals surface area contributed by atoms with Gasteiger partial charge in [-0.25, -0.2) is 0 Å². The Bertz CT molecular complexity index is 145. The fourth-order valence-electron chi connectivity index (χ4n) is 0.372. The van der Waals surface area contributed by atoms with Crippen molar-refractivity contribution >= 4 is 23.5 Å². The molecular weight excluding hydrogens is 107 g/mol. The molecule has 1 heterocycles. The van der Waals surface area contributed by atoms with Gasteiger partial charge in [0, 0.05) is 0 Å². The van der Waals surface area contributed by atoms with E-state index in [4.69, 9.17) is 5.73 Å². The van der Waals surface area contributed by atoms with Crippen LogP contribution in [0.4, 0.5) is 5.13 Å². The molecule has 0 spiro atoms. The monoisotopic (exact) mass is 112 g/mol. The summed E-state index contributed by atoms with van der Waals surface area (Å²) in [5, 5.41) is 0.650. The van der Waals surface area contributed by atoms with Gasteiger partial charge >= 0.3 is 45.8 Å². The first-order chi connectivity index (χ1) is 3.29. The maximum absolute atomic E-state index is 5.29. The van der Waals surface area contributed by atoms with Crippen molar-refractivity contribution in [2.75, 3.05) is 5.73 Å². The molecule has 0 unspecified atom stereocenters. The van der Waals surface area contributed by atoms with Gasteiger partial charge in [-0.1, -0.05) is 0 Å². The van der Waals surface area contributed by atoms with Crippen LogP contribution in [0.15, 0.2) is 0 Å². The molecule has 1 aromatic rings. The summed E-state index contributed by atoms with van der Waals surface area (Å²) in [6.45, 7) is 1.98. The standard InChI is InChI=1S/C3H5BN2S/c1-2-4-6-3(5)7-2/h1H3,(H2,5,6). The number of anilines is 1. The van der Waals surface area contributed by atoms with Gasteiger partial charge in [-0.15, -0.1) is 0 Å².